The Kier molecular flexibility index (Phi) is 4.25. The van der Waals surface area contributed by atoms with Crippen LogP contribution in [0.15, 0.2) is 24.4 Å². The molecule has 5 rings (SSSR count). The Labute approximate surface area is 167 Å². The molecule has 1 saturated carbocycles. The maximum Gasteiger partial charge on any atom is 0.202 e. The zero-order chi connectivity index (χ0) is 19.3. The lowest BCUT2D eigenvalue weighted by molar-refractivity contribution is 0.197. The molecule has 3 N–H and O–H groups in total. The Morgan fingerprint density at radius 2 is 2.07 bits per heavy atom. The number of benzene rings is 1. The molecular formula is C20H22ClFN6. The van der Waals surface area contributed by atoms with Crippen LogP contribution in [0.5, 0.6) is 0 Å². The fraction of sp³-hybridized carbons (Fsp3) is 0.450. The van der Waals surface area contributed by atoms with Crippen molar-refractivity contribution in [2.24, 2.45) is 11.1 Å². The first-order valence-corrected chi connectivity index (χ1v) is 10.1. The summed E-state index contributed by atoms with van der Waals surface area (Å²) in [6.07, 6.45) is 7.54. The van der Waals surface area contributed by atoms with Gasteiger partial charge in [0.1, 0.15) is 11.3 Å². The van der Waals surface area contributed by atoms with E-state index in [-0.39, 0.29) is 5.02 Å². The summed E-state index contributed by atoms with van der Waals surface area (Å²) in [5, 5.41) is 7.18. The topological polar surface area (TPSA) is 83.7 Å². The van der Waals surface area contributed by atoms with Crippen molar-refractivity contribution in [3.05, 3.63) is 35.2 Å². The van der Waals surface area contributed by atoms with Gasteiger partial charge in [-0.3, -0.25) is 5.10 Å². The Morgan fingerprint density at radius 1 is 1.25 bits per heavy atom. The molecule has 0 bridgehead atoms. The van der Waals surface area contributed by atoms with Crippen molar-refractivity contribution in [3.63, 3.8) is 0 Å². The van der Waals surface area contributed by atoms with E-state index in [1.165, 1.54) is 18.9 Å². The van der Waals surface area contributed by atoms with Crippen LogP contribution in [0.3, 0.4) is 0 Å². The van der Waals surface area contributed by atoms with E-state index in [9.17, 15) is 4.39 Å². The number of hydrogen-bond donors (Lipinski definition) is 2. The molecule has 3 heterocycles. The second-order valence-electron chi connectivity index (χ2n) is 7.95. The van der Waals surface area contributed by atoms with Crippen LogP contribution in [0.4, 0.5) is 10.2 Å². The molecule has 1 aromatic carbocycles. The lowest BCUT2D eigenvalue weighted by atomic mass is 9.74. The van der Waals surface area contributed by atoms with Crippen LogP contribution in [0, 0.1) is 11.2 Å². The van der Waals surface area contributed by atoms with Gasteiger partial charge in [-0.1, -0.05) is 24.1 Å². The molecule has 8 heteroatoms. The number of fused-ring (bicyclic) bond motifs is 1. The standard InChI is InChI=1S/C20H22ClFN6/c21-13-4-1-3-12(16(13)22)17-18-19(27-26-17)25-15(11-24-18)28-9-7-20(8-10-28)6-2-5-14(20)23/h1,3-4,11,14H,2,5-10,23H2,(H,25,26,27)/t14-/m1/s1. The summed E-state index contributed by atoms with van der Waals surface area (Å²) in [6, 6.07) is 5.19. The smallest absolute Gasteiger partial charge is 0.202 e. The lowest BCUT2D eigenvalue weighted by Gasteiger charge is -2.42. The van der Waals surface area contributed by atoms with Gasteiger partial charge in [-0.05, 0) is 43.2 Å². The fourth-order valence-corrected chi connectivity index (χ4v) is 4.97. The van der Waals surface area contributed by atoms with Crippen molar-refractivity contribution in [2.45, 2.75) is 38.1 Å². The molecule has 0 radical (unpaired) electrons. The highest BCUT2D eigenvalue weighted by atomic mass is 35.5. The van der Waals surface area contributed by atoms with Crippen molar-refractivity contribution < 1.29 is 4.39 Å². The SMILES string of the molecule is N[C@@H]1CCCC12CCN(c1cnc3c(-c4cccc(Cl)c4F)[nH]nc3n1)CC2. The van der Waals surface area contributed by atoms with Crippen LogP contribution in [-0.4, -0.2) is 39.3 Å². The van der Waals surface area contributed by atoms with E-state index in [1.54, 1.807) is 18.3 Å². The highest BCUT2D eigenvalue weighted by Crippen LogP contribution is 2.45. The normalized spacial score (nSPS) is 21.7. The molecule has 1 spiro atoms. The van der Waals surface area contributed by atoms with Gasteiger partial charge in [-0.2, -0.15) is 5.10 Å². The predicted molar refractivity (Wildman–Crippen MR) is 108 cm³/mol. The first-order chi connectivity index (χ1) is 13.6. The number of rotatable bonds is 2. The van der Waals surface area contributed by atoms with Gasteiger partial charge in [0.25, 0.3) is 0 Å². The third-order valence-electron chi connectivity index (χ3n) is 6.53. The van der Waals surface area contributed by atoms with Crippen LogP contribution >= 0.6 is 11.6 Å². The Morgan fingerprint density at radius 3 is 2.82 bits per heavy atom. The molecule has 2 aliphatic rings. The number of hydrogen-bond acceptors (Lipinski definition) is 5. The Balaban J connectivity index is 1.42. The number of anilines is 1. The summed E-state index contributed by atoms with van der Waals surface area (Å²) < 4.78 is 14.4. The van der Waals surface area contributed by atoms with E-state index in [1.807, 2.05) is 0 Å². The molecule has 28 heavy (non-hydrogen) atoms. The molecule has 0 unspecified atom stereocenters. The minimum absolute atomic E-state index is 0.0668. The number of halogens is 2. The van der Waals surface area contributed by atoms with Gasteiger partial charge in [0.15, 0.2) is 5.82 Å². The Hall–Kier alpha value is -2.25. The van der Waals surface area contributed by atoms with E-state index in [2.05, 4.69) is 25.1 Å². The highest BCUT2D eigenvalue weighted by molar-refractivity contribution is 6.31. The number of aromatic nitrogens is 4. The van der Waals surface area contributed by atoms with Gasteiger partial charge in [0.2, 0.25) is 5.65 Å². The summed E-state index contributed by atoms with van der Waals surface area (Å²) in [4.78, 5) is 11.4. The minimum Gasteiger partial charge on any atom is -0.355 e. The monoisotopic (exact) mass is 400 g/mol. The maximum atomic E-state index is 14.4. The zero-order valence-electron chi connectivity index (χ0n) is 15.5. The van der Waals surface area contributed by atoms with Crippen LogP contribution in [0.2, 0.25) is 5.02 Å². The van der Waals surface area contributed by atoms with Crippen molar-refractivity contribution >= 4 is 28.6 Å². The molecule has 146 valence electrons. The number of nitrogens with two attached hydrogens (primary N) is 1. The van der Waals surface area contributed by atoms with Crippen molar-refractivity contribution in [2.75, 3.05) is 18.0 Å². The molecule has 6 nitrogen and oxygen atoms in total. The molecule has 2 fully saturated rings. The van der Waals surface area contributed by atoms with E-state index < -0.39 is 5.82 Å². The summed E-state index contributed by atoms with van der Waals surface area (Å²) in [5.74, 6) is 0.313. The van der Waals surface area contributed by atoms with E-state index in [4.69, 9.17) is 17.3 Å². The molecule has 0 amide bonds. The molecule has 3 aromatic rings. The second kappa shape index (κ2) is 6.67. The lowest BCUT2D eigenvalue weighted by Crippen LogP contribution is -2.47. The fourth-order valence-electron chi connectivity index (χ4n) is 4.79. The highest BCUT2D eigenvalue weighted by Gasteiger charge is 2.43. The molecule has 2 aromatic heterocycles. The summed E-state index contributed by atoms with van der Waals surface area (Å²) in [5.41, 5.74) is 8.53. The average molecular weight is 401 g/mol. The van der Waals surface area contributed by atoms with Gasteiger partial charge < -0.3 is 10.6 Å². The second-order valence-corrected chi connectivity index (χ2v) is 8.36. The van der Waals surface area contributed by atoms with Crippen molar-refractivity contribution in [1.29, 1.82) is 0 Å². The van der Waals surface area contributed by atoms with Crippen LogP contribution < -0.4 is 10.6 Å². The summed E-state index contributed by atoms with van der Waals surface area (Å²) in [6.45, 7) is 1.85. The molecule has 1 saturated heterocycles. The number of H-pyrrole nitrogens is 1. The first kappa shape index (κ1) is 17.8. The van der Waals surface area contributed by atoms with Gasteiger partial charge in [0, 0.05) is 24.7 Å². The van der Waals surface area contributed by atoms with Crippen LogP contribution in [-0.2, 0) is 0 Å². The van der Waals surface area contributed by atoms with Crippen molar-refractivity contribution in [1.82, 2.24) is 20.2 Å². The average Bonchev–Trinajstić information content (AvgIpc) is 3.28. The first-order valence-electron chi connectivity index (χ1n) is 9.73. The number of aromatic amines is 1. The third kappa shape index (κ3) is 2.76. The number of piperidine rings is 1. The van der Waals surface area contributed by atoms with Gasteiger partial charge in [-0.15, -0.1) is 0 Å². The molecule has 1 aliphatic heterocycles. The van der Waals surface area contributed by atoms with Crippen molar-refractivity contribution in [3.8, 4) is 11.3 Å². The van der Waals surface area contributed by atoms with E-state index >= 15 is 0 Å². The molecule has 1 aliphatic carbocycles. The summed E-state index contributed by atoms with van der Waals surface area (Å²) in [7, 11) is 0. The molecular weight excluding hydrogens is 379 g/mol. The quantitative estimate of drug-likeness (QED) is 0.681. The van der Waals surface area contributed by atoms with Gasteiger partial charge in [0.05, 0.1) is 16.9 Å². The minimum atomic E-state index is -0.491. The largest absolute Gasteiger partial charge is 0.355 e. The Bertz CT molecular complexity index is 1030. The third-order valence-corrected chi connectivity index (χ3v) is 6.82. The van der Waals surface area contributed by atoms with Crippen LogP contribution in [0.25, 0.3) is 22.4 Å². The zero-order valence-corrected chi connectivity index (χ0v) is 16.2. The van der Waals surface area contributed by atoms with E-state index in [0.717, 1.165) is 38.2 Å². The number of nitrogens with zero attached hydrogens (tertiary/aromatic N) is 4. The van der Waals surface area contributed by atoms with E-state index in [0.29, 0.717) is 33.9 Å². The maximum absolute atomic E-state index is 14.4. The van der Waals surface area contributed by atoms with Gasteiger partial charge in [-0.25, -0.2) is 14.4 Å². The summed E-state index contributed by atoms with van der Waals surface area (Å²) >= 11 is 5.91. The van der Waals surface area contributed by atoms with Gasteiger partial charge >= 0.3 is 0 Å². The predicted octanol–water partition coefficient (Wildman–Crippen LogP) is 3.91. The molecule has 1 atom stereocenters. The number of nitrogens with one attached hydrogen (secondary N) is 1. The van der Waals surface area contributed by atoms with Crippen LogP contribution in [0.1, 0.15) is 32.1 Å².